The smallest absolute Gasteiger partial charge is 0.318 e. The Labute approximate surface area is 159 Å². The Kier molecular flexibility index (Phi) is 5.48. The first-order valence-electron chi connectivity index (χ1n) is 8.63. The lowest BCUT2D eigenvalue weighted by atomic mass is 10.1. The Hall–Kier alpha value is -3.16. The van der Waals surface area contributed by atoms with Gasteiger partial charge in [0.15, 0.2) is 0 Å². The predicted molar refractivity (Wildman–Crippen MR) is 98.8 cm³/mol. The minimum atomic E-state index is -4.94. The number of halogens is 3. The number of carbonyl (C=O) groups excluding carboxylic acids is 2. The molecule has 0 spiro atoms. The summed E-state index contributed by atoms with van der Waals surface area (Å²) in [5.41, 5.74) is 4.80. The van der Waals surface area contributed by atoms with Crippen LogP contribution >= 0.6 is 0 Å². The van der Waals surface area contributed by atoms with Crippen LogP contribution in [0.5, 0.6) is 0 Å². The van der Waals surface area contributed by atoms with Crippen LogP contribution in [0, 0.1) is 5.92 Å². The Bertz CT molecular complexity index is 893. The molecule has 2 amide bonds. The molecule has 2 aromatic carbocycles. The molecule has 1 aliphatic rings. The van der Waals surface area contributed by atoms with E-state index >= 15 is 0 Å². The number of nitrogens with one attached hydrogen (secondary N) is 2. The molecule has 8 heteroatoms. The van der Waals surface area contributed by atoms with E-state index in [0.29, 0.717) is 11.3 Å². The second kappa shape index (κ2) is 7.84. The van der Waals surface area contributed by atoms with Crippen molar-refractivity contribution < 1.29 is 22.8 Å². The van der Waals surface area contributed by atoms with E-state index in [1.807, 2.05) is 30.3 Å². The number of amides is 2. The molecule has 1 aliphatic carbocycles. The minimum absolute atomic E-state index is 0.0200. The van der Waals surface area contributed by atoms with Gasteiger partial charge in [-0.2, -0.15) is 18.3 Å². The first kappa shape index (κ1) is 19.6. The van der Waals surface area contributed by atoms with Crippen LogP contribution in [0.4, 0.5) is 18.9 Å². The van der Waals surface area contributed by atoms with Crippen molar-refractivity contribution in [3.05, 3.63) is 65.7 Å². The lowest BCUT2D eigenvalue weighted by Gasteiger charge is -2.08. The SMILES string of the molecule is C/C(=N/NC(=O)[C@@H]1C[C@@H]1c1ccccc1)c1ccc(NC(=O)C(F)(F)F)cc1. The highest BCUT2D eigenvalue weighted by Crippen LogP contribution is 2.47. The molecule has 0 aromatic heterocycles. The number of anilines is 1. The average Bonchev–Trinajstić information content (AvgIpc) is 3.47. The number of nitrogens with zero attached hydrogens (tertiary/aromatic N) is 1. The average molecular weight is 389 g/mol. The summed E-state index contributed by atoms with van der Waals surface area (Å²) in [6.07, 6.45) is -4.17. The van der Waals surface area contributed by atoms with Crippen molar-refractivity contribution >= 4 is 23.2 Å². The molecule has 0 saturated heterocycles. The number of benzene rings is 2. The van der Waals surface area contributed by atoms with E-state index in [9.17, 15) is 22.8 Å². The van der Waals surface area contributed by atoms with Crippen LogP contribution in [-0.4, -0.2) is 23.7 Å². The lowest BCUT2D eigenvalue weighted by Crippen LogP contribution is -2.29. The monoisotopic (exact) mass is 389 g/mol. The molecule has 2 atom stereocenters. The number of hydrogen-bond acceptors (Lipinski definition) is 3. The molecule has 28 heavy (non-hydrogen) atoms. The molecule has 1 fully saturated rings. The van der Waals surface area contributed by atoms with Crippen LogP contribution in [0.1, 0.15) is 30.4 Å². The maximum atomic E-state index is 12.3. The number of alkyl halides is 3. The summed E-state index contributed by atoms with van der Waals surface area (Å²) in [7, 11) is 0. The van der Waals surface area contributed by atoms with Crippen molar-refractivity contribution in [2.75, 3.05) is 5.32 Å². The third-order valence-corrected chi connectivity index (χ3v) is 4.51. The fourth-order valence-electron chi connectivity index (χ4n) is 2.84. The third-order valence-electron chi connectivity index (χ3n) is 4.51. The molecule has 146 valence electrons. The van der Waals surface area contributed by atoms with Crippen LogP contribution in [-0.2, 0) is 9.59 Å². The zero-order valence-electron chi connectivity index (χ0n) is 15.0. The van der Waals surface area contributed by atoms with Gasteiger partial charge in [-0.15, -0.1) is 0 Å². The summed E-state index contributed by atoms with van der Waals surface area (Å²) in [6, 6.07) is 15.5. The van der Waals surface area contributed by atoms with E-state index in [-0.39, 0.29) is 23.4 Å². The zero-order valence-corrected chi connectivity index (χ0v) is 15.0. The molecule has 0 radical (unpaired) electrons. The maximum absolute atomic E-state index is 12.3. The molecule has 2 aromatic rings. The van der Waals surface area contributed by atoms with Crippen LogP contribution in [0.2, 0.25) is 0 Å². The zero-order chi connectivity index (χ0) is 20.3. The predicted octanol–water partition coefficient (Wildman–Crippen LogP) is 3.83. The third kappa shape index (κ3) is 4.76. The van der Waals surface area contributed by atoms with Gasteiger partial charge in [-0.3, -0.25) is 9.59 Å². The molecule has 1 saturated carbocycles. The summed E-state index contributed by atoms with van der Waals surface area (Å²) in [5.74, 6) is -2.11. The van der Waals surface area contributed by atoms with E-state index < -0.39 is 12.1 Å². The Morgan fingerprint density at radius 2 is 1.68 bits per heavy atom. The van der Waals surface area contributed by atoms with E-state index in [2.05, 4.69) is 10.5 Å². The van der Waals surface area contributed by atoms with Crippen LogP contribution in [0.3, 0.4) is 0 Å². The van der Waals surface area contributed by atoms with Gasteiger partial charge >= 0.3 is 12.1 Å². The fourth-order valence-corrected chi connectivity index (χ4v) is 2.84. The van der Waals surface area contributed by atoms with Crippen LogP contribution < -0.4 is 10.7 Å². The highest BCUT2D eigenvalue weighted by atomic mass is 19.4. The van der Waals surface area contributed by atoms with Crippen LogP contribution in [0.25, 0.3) is 0 Å². The van der Waals surface area contributed by atoms with Gasteiger partial charge in [0, 0.05) is 11.6 Å². The van der Waals surface area contributed by atoms with E-state index in [0.717, 1.165) is 12.0 Å². The Morgan fingerprint density at radius 3 is 2.29 bits per heavy atom. The molecular weight excluding hydrogens is 371 g/mol. The second-order valence-corrected chi connectivity index (χ2v) is 6.56. The fraction of sp³-hybridized carbons (Fsp3) is 0.250. The quantitative estimate of drug-likeness (QED) is 0.603. The first-order chi connectivity index (χ1) is 13.3. The van der Waals surface area contributed by atoms with Gasteiger partial charge in [-0.25, -0.2) is 5.43 Å². The number of carbonyl (C=O) groups is 2. The molecule has 0 heterocycles. The normalized spacial score (nSPS) is 19.1. The highest BCUT2D eigenvalue weighted by Gasteiger charge is 2.43. The summed E-state index contributed by atoms with van der Waals surface area (Å²) in [5, 5.41) is 5.83. The van der Waals surface area contributed by atoms with E-state index in [1.165, 1.54) is 24.3 Å². The lowest BCUT2D eigenvalue weighted by molar-refractivity contribution is -0.167. The molecule has 5 nitrogen and oxygen atoms in total. The van der Waals surface area contributed by atoms with Gasteiger partial charge in [0.2, 0.25) is 5.91 Å². The maximum Gasteiger partial charge on any atom is 0.471 e. The summed E-state index contributed by atoms with van der Waals surface area (Å²) in [6.45, 7) is 1.67. The highest BCUT2D eigenvalue weighted by molar-refractivity contribution is 6.00. The van der Waals surface area contributed by atoms with Gasteiger partial charge in [0.25, 0.3) is 0 Å². The molecule has 0 bridgehead atoms. The van der Waals surface area contributed by atoms with Gasteiger partial charge in [0.05, 0.1) is 5.71 Å². The van der Waals surface area contributed by atoms with Gasteiger partial charge in [-0.1, -0.05) is 42.5 Å². The molecule has 0 aliphatic heterocycles. The van der Waals surface area contributed by atoms with Crippen molar-refractivity contribution in [3.8, 4) is 0 Å². The van der Waals surface area contributed by atoms with Crippen molar-refractivity contribution in [1.29, 1.82) is 0 Å². The summed E-state index contributed by atoms with van der Waals surface area (Å²) < 4.78 is 36.8. The number of rotatable bonds is 5. The topological polar surface area (TPSA) is 70.6 Å². The molecular formula is C20H18F3N3O2. The van der Waals surface area contributed by atoms with E-state index in [1.54, 1.807) is 12.2 Å². The first-order valence-corrected chi connectivity index (χ1v) is 8.63. The van der Waals surface area contributed by atoms with Crippen molar-refractivity contribution in [1.82, 2.24) is 5.43 Å². The Balaban J connectivity index is 1.55. The molecule has 3 rings (SSSR count). The Morgan fingerprint density at radius 1 is 1.04 bits per heavy atom. The molecule has 0 unspecified atom stereocenters. The van der Waals surface area contributed by atoms with Gasteiger partial charge < -0.3 is 5.32 Å². The second-order valence-electron chi connectivity index (χ2n) is 6.56. The molecule has 2 N–H and O–H groups in total. The number of hydrazone groups is 1. The largest absolute Gasteiger partial charge is 0.471 e. The van der Waals surface area contributed by atoms with Crippen molar-refractivity contribution in [3.63, 3.8) is 0 Å². The summed E-state index contributed by atoms with van der Waals surface area (Å²) >= 11 is 0. The number of hydrogen-bond donors (Lipinski definition) is 2. The van der Waals surface area contributed by atoms with Gasteiger partial charge in [-0.05, 0) is 42.5 Å². The van der Waals surface area contributed by atoms with Gasteiger partial charge in [0.1, 0.15) is 0 Å². The summed E-state index contributed by atoms with van der Waals surface area (Å²) in [4.78, 5) is 23.1. The standard InChI is InChI=1S/C20H18F3N3O2/c1-12(13-7-9-15(10-8-13)24-19(28)20(21,22)23)25-26-18(27)17-11-16(17)14-5-3-2-4-6-14/h2-10,16-17H,11H2,1H3,(H,24,28)(H,26,27)/b25-12-/t16-,17-/m1/s1. The van der Waals surface area contributed by atoms with E-state index in [4.69, 9.17) is 0 Å². The van der Waals surface area contributed by atoms with Crippen LogP contribution in [0.15, 0.2) is 59.7 Å². The van der Waals surface area contributed by atoms with Crippen molar-refractivity contribution in [2.45, 2.75) is 25.4 Å². The minimum Gasteiger partial charge on any atom is -0.318 e. The van der Waals surface area contributed by atoms with Crippen molar-refractivity contribution in [2.24, 2.45) is 11.0 Å².